The zero-order chi connectivity index (χ0) is 17.8. The molecule has 2 amide bonds. The van der Waals surface area contributed by atoms with Gasteiger partial charge in [-0.15, -0.1) is 11.3 Å². The van der Waals surface area contributed by atoms with Crippen LogP contribution in [0, 0.1) is 0 Å². The van der Waals surface area contributed by atoms with Gasteiger partial charge in [0, 0.05) is 18.5 Å². The third-order valence-corrected chi connectivity index (χ3v) is 5.60. The lowest BCUT2D eigenvalue weighted by molar-refractivity contribution is 0.171. The number of hydrogen-bond acceptors (Lipinski definition) is 4. The third-order valence-electron chi connectivity index (χ3n) is 3.72. The topological polar surface area (TPSA) is 50.8 Å². The van der Waals surface area contributed by atoms with Crippen LogP contribution in [0.25, 0.3) is 0 Å². The Hall–Kier alpha value is -1.44. The lowest BCUT2D eigenvalue weighted by Gasteiger charge is -2.20. The zero-order valence-electron chi connectivity index (χ0n) is 13.7. The van der Waals surface area contributed by atoms with E-state index in [0.29, 0.717) is 49.2 Å². The fourth-order valence-corrected chi connectivity index (χ4v) is 4.32. The number of carbonyl (C=O) groups is 1. The highest BCUT2D eigenvalue weighted by molar-refractivity contribution is 9.11. The SMILES string of the molecule is CN(Cc1ccc(Br)s1)C(=O)NCCc1cc(Cl)c2c(c1)OCCO2. The lowest BCUT2D eigenvalue weighted by atomic mass is 10.1. The molecule has 25 heavy (non-hydrogen) atoms. The van der Waals surface area contributed by atoms with Gasteiger partial charge in [0.15, 0.2) is 11.5 Å². The molecule has 8 heteroatoms. The molecule has 134 valence electrons. The van der Waals surface area contributed by atoms with E-state index in [9.17, 15) is 4.79 Å². The molecule has 3 rings (SSSR count). The molecule has 0 aliphatic carbocycles. The molecular formula is C17H18BrClN2O3S. The van der Waals surface area contributed by atoms with E-state index in [2.05, 4.69) is 21.2 Å². The number of urea groups is 1. The maximum Gasteiger partial charge on any atom is 0.317 e. The quantitative estimate of drug-likeness (QED) is 0.746. The minimum absolute atomic E-state index is 0.104. The van der Waals surface area contributed by atoms with Gasteiger partial charge in [-0.25, -0.2) is 4.79 Å². The smallest absolute Gasteiger partial charge is 0.317 e. The normalized spacial score (nSPS) is 12.8. The van der Waals surface area contributed by atoms with Gasteiger partial charge in [-0.2, -0.15) is 0 Å². The van der Waals surface area contributed by atoms with Crippen LogP contribution in [0.3, 0.4) is 0 Å². The van der Waals surface area contributed by atoms with Crippen molar-refractivity contribution in [3.8, 4) is 11.5 Å². The summed E-state index contributed by atoms with van der Waals surface area (Å²) in [5.41, 5.74) is 0.999. The fourth-order valence-electron chi connectivity index (χ4n) is 2.50. The first-order chi connectivity index (χ1) is 12.0. The number of fused-ring (bicyclic) bond motifs is 1. The van der Waals surface area contributed by atoms with Crippen LogP contribution in [0.1, 0.15) is 10.4 Å². The van der Waals surface area contributed by atoms with E-state index < -0.39 is 0 Å². The number of rotatable bonds is 5. The number of nitrogens with one attached hydrogen (secondary N) is 1. The molecule has 0 atom stereocenters. The summed E-state index contributed by atoms with van der Waals surface area (Å²) in [6.45, 7) is 2.13. The van der Waals surface area contributed by atoms with Gasteiger partial charge in [0.2, 0.25) is 0 Å². The number of hydrogen-bond donors (Lipinski definition) is 1. The van der Waals surface area contributed by atoms with E-state index in [4.69, 9.17) is 21.1 Å². The Morgan fingerprint density at radius 3 is 2.92 bits per heavy atom. The van der Waals surface area contributed by atoms with Gasteiger partial charge in [-0.1, -0.05) is 11.6 Å². The summed E-state index contributed by atoms with van der Waals surface area (Å²) in [5, 5.41) is 3.46. The monoisotopic (exact) mass is 444 g/mol. The van der Waals surface area contributed by atoms with Crippen molar-refractivity contribution in [3.63, 3.8) is 0 Å². The lowest BCUT2D eigenvalue weighted by Crippen LogP contribution is -2.37. The maximum absolute atomic E-state index is 12.2. The fraction of sp³-hybridized carbons (Fsp3) is 0.353. The second-order valence-corrected chi connectivity index (χ2v) is 8.60. The molecule has 1 aromatic carbocycles. The van der Waals surface area contributed by atoms with Gasteiger partial charge < -0.3 is 19.7 Å². The zero-order valence-corrected chi connectivity index (χ0v) is 16.8. The van der Waals surface area contributed by atoms with Gasteiger partial charge >= 0.3 is 6.03 Å². The van der Waals surface area contributed by atoms with E-state index in [0.717, 1.165) is 14.2 Å². The second-order valence-electron chi connectivity index (χ2n) is 5.65. The van der Waals surface area contributed by atoms with E-state index >= 15 is 0 Å². The van der Waals surface area contributed by atoms with Crippen LogP contribution < -0.4 is 14.8 Å². The third kappa shape index (κ3) is 4.80. The average Bonchev–Trinajstić information content (AvgIpc) is 2.99. The van der Waals surface area contributed by atoms with Gasteiger partial charge in [0.1, 0.15) is 13.2 Å². The number of benzene rings is 1. The van der Waals surface area contributed by atoms with Crippen LogP contribution in [0.15, 0.2) is 28.1 Å². The molecule has 0 radical (unpaired) electrons. The molecule has 0 spiro atoms. The Bertz CT molecular complexity index is 768. The van der Waals surface area contributed by atoms with Crippen molar-refractivity contribution >= 4 is 44.9 Å². The minimum atomic E-state index is -0.104. The number of ether oxygens (including phenoxy) is 2. The Morgan fingerprint density at radius 1 is 1.36 bits per heavy atom. The Balaban J connectivity index is 1.50. The molecule has 1 aliphatic heterocycles. The molecule has 0 unspecified atom stereocenters. The summed E-state index contributed by atoms with van der Waals surface area (Å²) < 4.78 is 12.1. The highest BCUT2D eigenvalue weighted by Crippen LogP contribution is 2.38. The summed E-state index contributed by atoms with van der Waals surface area (Å²) >= 11 is 11.3. The highest BCUT2D eigenvalue weighted by atomic mass is 79.9. The molecule has 0 bridgehead atoms. The number of halogens is 2. The Morgan fingerprint density at radius 2 is 2.16 bits per heavy atom. The average molecular weight is 446 g/mol. The largest absolute Gasteiger partial charge is 0.486 e. The maximum atomic E-state index is 12.2. The second kappa shape index (κ2) is 8.29. The van der Waals surface area contributed by atoms with Crippen molar-refractivity contribution in [3.05, 3.63) is 43.5 Å². The molecule has 2 heterocycles. The summed E-state index contributed by atoms with van der Waals surface area (Å²) in [7, 11) is 1.78. The van der Waals surface area contributed by atoms with Gasteiger partial charge in [0.05, 0.1) is 15.4 Å². The standard InChI is InChI=1S/C17H18BrClN2O3S/c1-21(10-12-2-3-15(18)25-12)17(22)20-5-4-11-8-13(19)16-14(9-11)23-6-7-24-16/h2-3,8-9H,4-7,10H2,1H3,(H,20,22). The number of amides is 2. The predicted octanol–water partition coefficient (Wildman–Crippen LogP) is 4.32. The van der Waals surface area contributed by atoms with Crippen LogP contribution in [0.2, 0.25) is 5.02 Å². The van der Waals surface area contributed by atoms with E-state index in [1.54, 1.807) is 23.3 Å². The Labute approximate surface area is 164 Å². The summed E-state index contributed by atoms with van der Waals surface area (Å²) in [6.07, 6.45) is 0.667. The van der Waals surface area contributed by atoms with Crippen molar-refractivity contribution in [2.24, 2.45) is 0 Å². The Kier molecular flexibility index (Phi) is 6.09. The number of nitrogens with zero attached hydrogens (tertiary/aromatic N) is 1. The first-order valence-electron chi connectivity index (χ1n) is 7.84. The van der Waals surface area contributed by atoms with Crippen LogP contribution in [-0.4, -0.2) is 37.7 Å². The minimum Gasteiger partial charge on any atom is -0.486 e. The molecule has 1 N–H and O–H groups in total. The molecule has 0 fully saturated rings. The van der Waals surface area contributed by atoms with E-state index in [1.165, 1.54) is 0 Å². The van der Waals surface area contributed by atoms with E-state index in [1.807, 2.05) is 24.3 Å². The van der Waals surface area contributed by atoms with Gasteiger partial charge in [-0.05, 0) is 52.2 Å². The molecular weight excluding hydrogens is 428 g/mol. The van der Waals surface area contributed by atoms with Gasteiger partial charge in [0.25, 0.3) is 0 Å². The summed E-state index contributed by atoms with van der Waals surface area (Å²) in [4.78, 5) is 15.0. The molecule has 0 saturated carbocycles. The number of carbonyl (C=O) groups excluding carboxylic acids is 1. The van der Waals surface area contributed by atoms with E-state index in [-0.39, 0.29) is 6.03 Å². The molecule has 1 aromatic heterocycles. The van der Waals surface area contributed by atoms with Crippen LogP contribution >= 0.6 is 38.9 Å². The van der Waals surface area contributed by atoms with Crippen molar-refractivity contribution in [1.82, 2.24) is 10.2 Å². The predicted molar refractivity (Wildman–Crippen MR) is 103 cm³/mol. The first-order valence-corrected chi connectivity index (χ1v) is 9.83. The van der Waals surface area contributed by atoms with Crippen LogP contribution in [0.4, 0.5) is 4.79 Å². The number of thiophene rings is 1. The van der Waals surface area contributed by atoms with Crippen LogP contribution in [0.5, 0.6) is 11.5 Å². The van der Waals surface area contributed by atoms with Crippen molar-refractivity contribution in [2.75, 3.05) is 26.8 Å². The molecule has 1 aliphatic rings. The summed E-state index contributed by atoms with van der Waals surface area (Å²) in [5.74, 6) is 1.27. The highest BCUT2D eigenvalue weighted by Gasteiger charge is 2.17. The molecule has 0 saturated heterocycles. The van der Waals surface area contributed by atoms with Crippen molar-refractivity contribution in [2.45, 2.75) is 13.0 Å². The van der Waals surface area contributed by atoms with Crippen LogP contribution in [-0.2, 0) is 13.0 Å². The van der Waals surface area contributed by atoms with Crippen molar-refractivity contribution in [1.29, 1.82) is 0 Å². The van der Waals surface area contributed by atoms with Crippen molar-refractivity contribution < 1.29 is 14.3 Å². The molecule has 5 nitrogen and oxygen atoms in total. The molecule has 2 aromatic rings. The first kappa shape index (κ1) is 18.4. The van der Waals surface area contributed by atoms with Gasteiger partial charge in [-0.3, -0.25) is 0 Å². The summed E-state index contributed by atoms with van der Waals surface area (Å²) in [6, 6.07) is 7.66.